The smallest absolute Gasteiger partial charge is 0.426 e. The van der Waals surface area contributed by atoms with E-state index in [4.69, 9.17) is 14.2 Å². The molecule has 0 aliphatic heterocycles. The number of ether oxygens (including phenoxy) is 3. The summed E-state index contributed by atoms with van der Waals surface area (Å²) < 4.78 is 15.9. The van der Waals surface area contributed by atoms with Crippen molar-refractivity contribution in [1.29, 1.82) is 0 Å². The number of amides is 4. The third-order valence-electron chi connectivity index (χ3n) is 8.64. The molecule has 2 N–H and O–H groups in total. The molecule has 1 aliphatic carbocycles. The van der Waals surface area contributed by atoms with E-state index in [0.29, 0.717) is 17.7 Å². The Bertz CT molecular complexity index is 1300. The first kappa shape index (κ1) is 39.0. The van der Waals surface area contributed by atoms with Crippen LogP contribution in [-0.4, -0.2) is 66.0 Å². The summed E-state index contributed by atoms with van der Waals surface area (Å²) in [5.74, 6) is -2.60. The van der Waals surface area contributed by atoms with Gasteiger partial charge in [0.15, 0.2) is 0 Å². The number of aliphatic carboxylic acids is 1. The molecule has 4 amide bonds. The van der Waals surface area contributed by atoms with E-state index in [9.17, 15) is 29.1 Å². The number of unbranched alkanes of at least 4 members (excludes halogenated alkanes) is 10. The average molecular weight is 681 g/mol. The Morgan fingerprint density at radius 3 is 1.65 bits per heavy atom. The van der Waals surface area contributed by atoms with Crippen LogP contribution >= 0.6 is 0 Å². The van der Waals surface area contributed by atoms with Gasteiger partial charge in [-0.05, 0) is 41.5 Å². The van der Waals surface area contributed by atoms with Crippen LogP contribution in [0.15, 0.2) is 48.5 Å². The third-order valence-corrected chi connectivity index (χ3v) is 8.64. The van der Waals surface area contributed by atoms with Crippen LogP contribution in [0.4, 0.5) is 14.4 Å². The SMILES string of the molecule is CCCCCCCCOC(=O)N(C(=O)CC[C@H](NC(=O)OCC1c2ccccc2-c2ccccc21)C(=O)O)C(=O)OCCCCCCCC. The number of imide groups is 3. The molecule has 268 valence electrons. The number of benzene rings is 2. The number of carboxylic acid groups (broad SMARTS) is 1. The zero-order valence-corrected chi connectivity index (χ0v) is 29.0. The maximum Gasteiger partial charge on any atom is 0.426 e. The Kier molecular flexibility index (Phi) is 17.2. The highest BCUT2D eigenvalue weighted by Crippen LogP contribution is 2.44. The second kappa shape index (κ2) is 21.5. The minimum Gasteiger partial charge on any atom is -0.480 e. The molecule has 2 aromatic rings. The highest BCUT2D eigenvalue weighted by Gasteiger charge is 2.34. The van der Waals surface area contributed by atoms with Crippen molar-refractivity contribution in [2.75, 3.05) is 19.8 Å². The van der Waals surface area contributed by atoms with E-state index in [1.165, 1.54) is 0 Å². The lowest BCUT2D eigenvalue weighted by molar-refractivity contribution is -0.139. The molecule has 0 unspecified atom stereocenters. The fourth-order valence-electron chi connectivity index (χ4n) is 5.91. The van der Waals surface area contributed by atoms with Gasteiger partial charge in [-0.3, -0.25) is 4.79 Å². The predicted molar refractivity (Wildman–Crippen MR) is 185 cm³/mol. The van der Waals surface area contributed by atoms with Gasteiger partial charge < -0.3 is 24.6 Å². The van der Waals surface area contributed by atoms with Crippen LogP contribution in [-0.2, 0) is 23.8 Å². The van der Waals surface area contributed by atoms with Crippen LogP contribution in [0.2, 0.25) is 0 Å². The van der Waals surface area contributed by atoms with Gasteiger partial charge in [-0.25, -0.2) is 19.2 Å². The van der Waals surface area contributed by atoms with Crippen molar-refractivity contribution in [1.82, 2.24) is 10.2 Å². The molecule has 11 heteroatoms. The van der Waals surface area contributed by atoms with Gasteiger partial charge >= 0.3 is 24.2 Å². The molecule has 0 spiro atoms. The van der Waals surface area contributed by atoms with E-state index in [2.05, 4.69) is 19.2 Å². The van der Waals surface area contributed by atoms with Crippen LogP contribution in [0, 0.1) is 0 Å². The quantitative estimate of drug-likeness (QED) is 0.0977. The van der Waals surface area contributed by atoms with E-state index in [1.54, 1.807) is 0 Å². The van der Waals surface area contributed by atoms with Gasteiger partial charge in [0, 0.05) is 12.3 Å². The first-order valence-corrected chi connectivity index (χ1v) is 17.8. The highest BCUT2D eigenvalue weighted by atomic mass is 16.6. The summed E-state index contributed by atoms with van der Waals surface area (Å²) in [5.41, 5.74) is 4.11. The minimum atomic E-state index is -1.51. The molecule has 0 saturated carbocycles. The molecule has 11 nitrogen and oxygen atoms in total. The van der Waals surface area contributed by atoms with Crippen molar-refractivity contribution < 1.29 is 43.3 Å². The van der Waals surface area contributed by atoms with Crippen molar-refractivity contribution >= 4 is 30.2 Å². The summed E-state index contributed by atoms with van der Waals surface area (Å²) in [5, 5.41) is 12.1. The number of nitrogens with one attached hydrogen (secondary N) is 1. The average Bonchev–Trinajstić information content (AvgIpc) is 3.41. The van der Waals surface area contributed by atoms with E-state index in [-0.39, 0.29) is 25.7 Å². The van der Waals surface area contributed by atoms with Crippen LogP contribution in [0.25, 0.3) is 11.1 Å². The summed E-state index contributed by atoms with van der Waals surface area (Å²) >= 11 is 0. The van der Waals surface area contributed by atoms with Gasteiger partial charge in [-0.15, -0.1) is 4.90 Å². The zero-order chi connectivity index (χ0) is 35.4. The second-order valence-electron chi connectivity index (χ2n) is 12.4. The Labute approximate surface area is 289 Å². The van der Waals surface area contributed by atoms with Crippen molar-refractivity contribution in [3.05, 3.63) is 59.7 Å². The Morgan fingerprint density at radius 2 is 1.16 bits per heavy atom. The lowest BCUT2D eigenvalue weighted by atomic mass is 9.98. The number of nitrogens with zero attached hydrogens (tertiary/aromatic N) is 1. The van der Waals surface area contributed by atoms with Gasteiger partial charge in [0.25, 0.3) is 0 Å². The van der Waals surface area contributed by atoms with Gasteiger partial charge in [0.1, 0.15) is 12.6 Å². The summed E-state index contributed by atoms with van der Waals surface area (Å²) in [6.45, 7) is 4.28. The largest absolute Gasteiger partial charge is 0.480 e. The van der Waals surface area contributed by atoms with Crippen LogP contribution < -0.4 is 5.32 Å². The summed E-state index contributed by atoms with van der Waals surface area (Å²) in [6.07, 6.45) is 7.20. The summed E-state index contributed by atoms with van der Waals surface area (Å²) in [4.78, 5) is 64.0. The summed E-state index contributed by atoms with van der Waals surface area (Å²) in [6, 6.07) is 14.1. The second-order valence-corrected chi connectivity index (χ2v) is 12.4. The van der Waals surface area contributed by atoms with Gasteiger partial charge in [0.2, 0.25) is 5.91 Å². The number of hydrogen-bond acceptors (Lipinski definition) is 8. The van der Waals surface area contributed by atoms with E-state index >= 15 is 0 Å². The Morgan fingerprint density at radius 1 is 0.694 bits per heavy atom. The maximum atomic E-state index is 13.2. The van der Waals surface area contributed by atoms with Gasteiger partial charge in [-0.2, -0.15) is 0 Å². The van der Waals surface area contributed by atoms with Gasteiger partial charge in [0.05, 0.1) is 13.2 Å². The molecule has 1 aliphatic rings. The van der Waals surface area contributed by atoms with E-state index < -0.39 is 49.0 Å². The lowest BCUT2D eigenvalue weighted by Crippen LogP contribution is -2.45. The number of carbonyl (C=O) groups excluding carboxylic acids is 4. The molecular weight excluding hydrogens is 628 g/mol. The molecule has 0 radical (unpaired) electrons. The zero-order valence-electron chi connectivity index (χ0n) is 29.0. The predicted octanol–water partition coefficient (Wildman–Crippen LogP) is 8.58. The van der Waals surface area contributed by atoms with Crippen molar-refractivity contribution in [3.63, 3.8) is 0 Å². The minimum absolute atomic E-state index is 0.0200. The molecule has 1 atom stereocenters. The molecule has 0 heterocycles. The fourth-order valence-corrected chi connectivity index (χ4v) is 5.91. The molecule has 0 aromatic heterocycles. The molecule has 0 saturated heterocycles. The molecule has 3 rings (SSSR count). The number of carboxylic acids is 1. The standard InChI is InChI=1S/C38H52N2O9/c1-3-5-7-9-11-17-25-47-37(45)40(38(46)48-26-18-12-10-8-6-4-2)34(41)24-23-33(35(42)43)39-36(44)49-27-32-30-21-15-13-19-28(30)29-20-14-16-22-31(29)32/h13-16,19-22,32-33H,3-12,17-18,23-27H2,1-2H3,(H,39,44)(H,42,43)/t33-/m0/s1. The highest BCUT2D eigenvalue weighted by molar-refractivity contribution is 6.06. The fraction of sp³-hybridized carbons (Fsp3) is 0.553. The van der Waals surface area contributed by atoms with Crippen LogP contribution in [0.1, 0.15) is 121 Å². The van der Waals surface area contributed by atoms with E-state index in [1.807, 2.05) is 48.5 Å². The first-order chi connectivity index (χ1) is 23.8. The maximum absolute atomic E-state index is 13.2. The van der Waals surface area contributed by atoms with Crippen LogP contribution in [0.3, 0.4) is 0 Å². The van der Waals surface area contributed by atoms with Crippen LogP contribution in [0.5, 0.6) is 0 Å². The first-order valence-electron chi connectivity index (χ1n) is 17.8. The molecule has 2 aromatic carbocycles. The molecular formula is C38H52N2O9. The monoisotopic (exact) mass is 680 g/mol. The summed E-state index contributed by atoms with van der Waals surface area (Å²) in [7, 11) is 0. The Hall–Kier alpha value is -4.41. The Balaban J connectivity index is 1.55. The number of alkyl carbamates (subject to hydrolysis) is 1. The topological polar surface area (TPSA) is 149 Å². The third kappa shape index (κ3) is 12.5. The lowest BCUT2D eigenvalue weighted by Gasteiger charge is -2.20. The molecule has 0 fully saturated rings. The van der Waals surface area contributed by atoms with E-state index in [0.717, 1.165) is 86.5 Å². The normalized spacial score (nSPS) is 12.4. The number of hydrogen-bond donors (Lipinski definition) is 2. The van der Waals surface area contributed by atoms with Crippen molar-refractivity contribution in [3.8, 4) is 11.1 Å². The number of fused-ring (bicyclic) bond motifs is 3. The number of carbonyl (C=O) groups is 5. The molecule has 49 heavy (non-hydrogen) atoms. The van der Waals surface area contributed by atoms with Crippen molar-refractivity contribution in [2.45, 2.75) is 116 Å². The van der Waals surface area contributed by atoms with Crippen molar-refractivity contribution in [2.24, 2.45) is 0 Å². The number of rotatable bonds is 21. The molecule has 0 bridgehead atoms. The van der Waals surface area contributed by atoms with Gasteiger partial charge in [-0.1, -0.05) is 127 Å².